The fraction of sp³-hybridized carbons (Fsp3) is 0.417. The van der Waals surface area contributed by atoms with Crippen LogP contribution in [0.25, 0.3) is 0 Å². The van der Waals surface area contributed by atoms with Crippen LogP contribution in [0.4, 0.5) is 5.82 Å². The molecule has 0 saturated carbocycles. The second kappa shape index (κ2) is 5.31. The van der Waals surface area contributed by atoms with Gasteiger partial charge in [0, 0.05) is 23.8 Å². The molecule has 0 bridgehead atoms. The third-order valence-electron chi connectivity index (χ3n) is 2.16. The van der Waals surface area contributed by atoms with Crippen LogP contribution in [0.1, 0.15) is 19.4 Å². The van der Waals surface area contributed by atoms with Crippen LogP contribution in [-0.2, 0) is 0 Å². The lowest BCUT2D eigenvalue weighted by Crippen LogP contribution is -2.26. The molecular weight excluding hydrogens is 252 g/mol. The molecule has 0 spiro atoms. The van der Waals surface area contributed by atoms with Crippen LogP contribution in [0.15, 0.2) is 28.9 Å². The fourth-order valence-corrected chi connectivity index (χ4v) is 1.97. The van der Waals surface area contributed by atoms with Gasteiger partial charge in [0.05, 0.1) is 0 Å². The summed E-state index contributed by atoms with van der Waals surface area (Å²) < 4.78 is 1.02. The topological polar surface area (TPSA) is 16.1 Å². The van der Waals surface area contributed by atoms with E-state index in [-0.39, 0.29) is 0 Å². The lowest BCUT2D eigenvalue weighted by molar-refractivity contribution is 0.853. The van der Waals surface area contributed by atoms with E-state index in [1.165, 1.54) is 5.56 Å². The number of aromatic nitrogens is 1. The summed E-state index contributed by atoms with van der Waals surface area (Å²) in [5, 5.41) is 0. The van der Waals surface area contributed by atoms with E-state index in [2.05, 4.69) is 52.3 Å². The van der Waals surface area contributed by atoms with Crippen LogP contribution in [0, 0.1) is 6.92 Å². The number of anilines is 1. The number of halogens is 1. The Hall–Kier alpha value is -0.830. The van der Waals surface area contributed by atoms with Crippen molar-refractivity contribution in [2.75, 3.05) is 18.0 Å². The molecule has 0 aliphatic heterocycles. The molecule has 1 rings (SSSR count). The molecule has 2 nitrogen and oxygen atoms in total. The van der Waals surface area contributed by atoms with Crippen molar-refractivity contribution in [3.05, 3.63) is 34.5 Å². The van der Waals surface area contributed by atoms with E-state index in [1.807, 2.05) is 13.1 Å². The Labute approximate surface area is 100 Å². The van der Waals surface area contributed by atoms with E-state index in [0.717, 1.165) is 29.0 Å². The summed E-state index contributed by atoms with van der Waals surface area (Å²) >= 11 is 3.42. The lowest BCUT2D eigenvalue weighted by Gasteiger charge is -2.23. The first-order chi connectivity index (χ1) is 7.04. The van der Waals surface area contributed by atoms with Gasteiger partial charge in [-0.1, -0.05) is 12.2 Å². The van der Waals surface area contributed by atoms with Gasteiger partial charge in [-0.25, -0.2) is 4.98 Å². The van der Waals surface area contributed by atoms with Crippen molar-refractivity contribution in [1.82, 2.24) is 4.98 Å². The van der Waals surface area contributed by atoms with Crippen LogP contribution in [-0.4, -0.2) is 18.1 Å². The van der Waals surface area contributed by atoms with E-state index in [0.29, 0.717) is 0 Å². The lowest BCUT2D eigenvalue weighted by atomic mass is 10.2. The molecule has 0 radical (unpaired) electrons. The highest BCUT2D eigenvalue weighted by molar-refractivity contribution is 9.10. The van der Waals surface area contributed by atoms with Gasteiger partial charge in [0.25, 0.3) is 0 Å². The highest BCUT2D eigenvalue weighted by atomic mass is 79.9. The standard InChI is InChI=1S/C12H17BrN2/c1-5-15(8-9(2)3)12-10(4)6-11(13)7-14-12/h6-7H,2,5,8H2,1,3-4H3. The fourth-order valence-electron chi connectivity index (χ4n) is 1.53. The van der Waals surface area contributed by atoms with Gasteiger partial charge < -0.3 is 4.90 Å². The van der Waals surface area contributed by atoms with Crippen molar-refractivity contribution in [2.45, 2.75) is 20.8 Å². The van der Waals surface area contributed by atoms with Gasteiger partial charge in [0.15, 0.2) is 0 Å². The van der Waals surface area contributed by atoms with E-state index in [9.17, 15) is 0 Å². The number of likely N-dealkylation sites (N-methyl/N-ethyl adjacent to an activating group) is 1. The van der Waals surface area contributed by atoms with Gasteiger partial charge in [-0.3, -0.25) is 0 Å². The summed E-state index contributed by atoms with van der Waals surface area (Å²) in [4.78, 5) is 6.67. The van der Waals surface area contributed by atoms with Crippen molar-refractivity contribution >= 4 is 21.7 Å². The maximum absolute atomic E-state index is 4.44. The molecule has 0 unspecified atom stereocenters. The number of nitrogens with zero attached hydrogens (tertiary/aromatic N) is 2. The van der Waals surface area contributed by atoms with Gasteiger partial charge in [0.2, 0.25) is 0 Å². The maximum Gasteiger partial charge on any atom is 0.131 e. The Morgan fingerprint density at radius 2 is 2.27 bits per heavy atom. The van der Waals surface area contributed by atoms with E-state index < -0.39 is 0 Å². The number of aryl methyl sites for hydroxylation is 1. The third-order valence-corrected chi connectivity index (χ3v) is 2.59. The van der Waals surface area contributed by atoms with Gasteiger partial charge in [0.1, 0.15) is 5.82 Å². The van der Waals surface area contributed by atoms with Crippen molar-refractivity contribution < 1.29 is 0 Å². The summed E-state index contributed by atoms with van der Waals surface area (Å²) in [6, 6.07) is 2.09. The van der Waals surface area contributed by atoms with E-state index in [1.54, 1.807) is 0 Å². The Balaban J connectivity index is 2.96. The molecule has 0 aliphatic rings. The molecule has 0 fully saturated rings. The van der Waals surface area contributed by atoms with Crippen LogP contribution < -0.4 is 4.90 Å². The van der Waals surface area contributed by atoms with E-state index in [4.69, 9.17) is 0 Å². The zero-order valence-electron chi connectivity index (χ0n) is 9.55. The summed E-state index contributed by atoms with van der Waals surface area (Å²) in [5.74, 6) is 1.05. The van der Waals surface area contributed by atoms with Gasteiger partial charge in [-0.2, -0.15) is 0 Å². The monoisotopic (exact) mass is 268 g/mol. The Bertz CT molecular complexity index is 361. The molecule has 0 atom stereocenters. The zero-order chi connectivity index (χ0) is 11.4. The third kappa shape index (κ3) is 3.34. The second-order valence-corrected chi connectivity index (χ2v) is 4.68. The van der Waals surface area contributed by atoms with Crippen LogP contribution in [0.2, 0.25) is 0 Å². The molecule has 1 heterocycles. The minimum absolute atomic E-state index is 0.867. The molecule has 1 aromatic heterocycles. The van der Waals surface area contributed by atoms with Crippen molar-refractivity contribution in [3.8, 4) is 0 Å². The predicted molar refractivity (Wildman–Crippen MR) is 69.4 cm³/mol. The molecule has 1 aromatic rings. The normalized spacial score (nSPS) is 10.1. The zero-order valence-corrected chi connectivity index (χ0v) is 11.1. The van der Waals surface area contributed by atoms with Gasteiger partial charge in [-0.05, 0) is 48.3 Å². The predicted octanol–water partition coefficient (Wildman–Crippen LogP) is 3.55. The molecule has 0 N–H and O–H groups in total. The molecule has 0 aromatic carbocycles. The molecule has 3 heteroatoms. The SMILES string of the molecule is C=C(C)CN(CC)c1ncc(Br)cc1C. The van der Waals surface area contributed by atoms with Crippen LogP contribution in [0.5, 0.6) is 0 Å². The first kappa shape index (κ1) is 12.2. The molecule has 15 heavy (non-hydrogen) atoms. The number of rotatable bonds is 4. The quantitative estimate of drug-likeness (QED) is 0.777. The highest BCUT2D eigenvalue weighted by Gasteiger charge is 2.08. The molecule has 0 amide bonds. The smallest absolute Gasteiger partial charge is 0.131 e. The molecule has 82 valence electrons. The summed E-state index contributed by atoms with van der Waals surface area (Å²) in [6.45, 7) is 12.0. The first-order valence-corrected chi connectivity index (χ1v) is 5.85. The minimum atomic E-state index is 0.867. The molecule has 0 saturated heterocycles. The van der Waals surface area contributed by atoms with Crippen molar-refractivity contribution in [1.29, 1.82) is 0 Å². The average molecular weight is 269 g/mol. The Morgan fingerprint density at radius 1 is 1.60 bits per heavy atom. The van der Waals surface area contributed by atoms with Crippen LogP contribution in [0.3, 0.4) is 0 Å². The largest absolute Gasteiger partial charge is 0.353 e. The molecular formula is C12H17BrN2. The average Bonchev–Trinajstić information content (AvgIpc) is 2.14. The van der Waals surface area contributed by atoms with E-state index >= 15 is 0 Å². The number of pyridine rings is 1. The Kier molecular flexibility index (Phi) is 4.33. The Morgan fingerprint density at radius 3 is 2.73 bits per heavy atom. The number of hydrogen-bond donors (Lipinski definition) is 0. The van der Waals surface area contributed by atoms with Gasteiger partial charge >= 0.3 is 0 Å². The minimum Gasteiger partial charge on any atom is -0.353 e. The summed E-state index contributed by atoms with van der Waals surface area (Å²) in [5.41, 5.74) is 2.34. The first-order valence-electron chi connectivity index (χ1n) is 5.06. The van der Waals surface area contributed by atoms with Crippen LogP contribution >= 0.6 is 15.9 Å². The highest BCUT2D eigenvalue weighted by Crippen LogP contribution is 2.20. The summed E-state index contributed by atoms with van der Waals surface area (Å²) in [7, 11) is 0. The van der Waals surface area contributed by atoms with Gasteiger partial charge in [-0.15, -0.1) is 0 Å². The molecule has 0 aliphatic carbocycles. The van der Waals surface area contributed by atoms with Crippen molar-refractivity contribution in [2.24, 2.45) is 0 Å². The summed E-state index contributed by atoms with van der Waals surface area (Å²) in [6.07, 6.45) is 1.84. The number of hydrogen-bond acceptors (Lipinski definition) is 2. The second-order valence-electron chi connectivity index (χ2n) is 3.77. The maximum atomic E-state index is 4.44. The van der Waals surface area contributed by atoms with Crippen molar-refractivity contribution in [3.63, 3.8) is 0 Å².